The van der Waals surface area contributed by atoms with E-state index in [1.165, 1.54) is 0 Å². The van der Waals surface area contributed by atoms with Crippen molar-refractivity contribution in [3.63, 3.8) is 0 Å². The first-order valence-corrected chi connectivity index (χ1v) is 7.97. The molecule has 0 spiro atoms. The van der Waals surface area contributed by atoms with Crippen LogP contribution < -0.4 is 4.90 Å². The molecule has 2 aromatic carbocycles. The summed E-state index contributed by atoms with van der Waals surface area (Å²) in [6.45, 7) is 4.20. The molecule has 0 radical (unpaired) electrons. The Bertz CT molecular complexity index is 852. The molecule has 2 aliphatic rings. The number of fused-ring (bicyclic) bond motifs is 2. The highest BCUT2D eigenvalue weighted by Crippen LogP contribution is 2.50. The van der Waals surface area contributed by atoms with E-state index in [2.05, 4.69) is 19.9 Å². The number of benzene rings is 2. The second-order valence-corrected chi connectivity index (χ2v) is 6.32. The van der Waals surface area contributed by atoms with Crippen molar-refractivity contribution >= 4 is 22.9 Å². The van der Waals surface area contributed by atoms with Crippen LogP contribution in [-0.2, 0) is 15.1 Å². The molecular formula is C20H19NO2. The zero-order valence-electron chi connectivity index (χ0n) is 13.6. The van der Waals surface area contributed by atoms with Crippen molar-refractivity contribution in [3.8, 4) is 0 Å². The molecule has 1 atom stereocenters. The van der Waals surface area contributed by atoms with Crippen LogP contribution >= 0.6 is 0 Å². The van der Waals surface area contributed by atoms with Crippen LogP contribution in [-0.4, -0.2) is 13.0 Å². The van der Waals surface area contributed by atoms with Gasteiger partial charge in [-0.05, 0) is 19.4 Å². The third-order valence-electron chi connectivity index (χ3n) is 5.02. The Morgan fingerprint density at radius 1 is 1.04 bits per heavy atom. The van der Waals surface area contributed by atoms with Crippen molar-refractivity contribution in [1.29, 1.82) is 0 Å². The monoisotopic (exact) mass is 305 g/mol. The van der Waals surface area contributed by atoms with E-state index in [1.54, 1.807) is 4.90 Å². The van der Waals surface area contributed by atoms with Gasteiger partial charge in [-0.15, -0.1) is 0 Å². The second-order valence-electron chi connectivity index (χ2n) is 6.32. The van der Waals surface area contributed by atoms with Crippen LogP contribution in [0.25, 0.3) is 11.3 Å². The number of anilines is 1. The minimum Gasteiger partial charge on any atom is -0.481 e. The first kappa shape index (κ1) is 14.1. The van der Waals surface area contributed by atoms with Crippen LogP contribution in [0.3, 0.4) is 0 Å². The summed E-state index contributed by atoms with van der Waals surface area (Å²) < 4.78 is 6.36. The molecule has 0 saturated carbocycles. The standard InChI is InChI=1S/C20H19NO2/c1-4-20(2)15-11-7-5-9-13(15)18(23-20)17-14-10-6-8-12-16(14)21(3)19(17)22/h5-12H,4H2,1-3H3/b18-17+. The number of carbonyl (C=O) groups is 1. The molecular weight excluding hydrogens is 286 g/mol. The third-order valence-corrected chi connectivity index (χ3v) is 5.02. The number of ether oxygens (including phenoxy) is 1. The number of hydrogen-bond acceptors (Lipinski definition) is 2. The Hall–Kier alpha value is -2.55. The van der Waals surface area contributed by atoms with Crippen LogP contribution in [0, 0.1) is 0 Å². The molecule has 2 aliphatic heterocycles. The fourth-order valence-corrected chi connectivity index (χ4v) is 3.52. The van der Waals surface area contributed by atoms with Gasteiger partial charge in [0.15, 0.2) is 0 Å². The van der Waals surface area contributed by atoms with Crippen LogP contribution in [0.5, 0.6) is 0 Å². The van der Waals surface area contributed by atoms with Crippen LogP contribution in [0.4, 0.5) is 5.69 Å². The normalized spacial score (nSPS) is 25.3. The van der Waals surface area contributed by atoms with Crippen molar-refractivity contribution in [3.05, 3.63) is 65.2 Å². The van der Waals surface area contributed by atoms with E-state index in [4.69, 9.17) is 4.74 Å². The minimum atomic E-state index is -0.380. The summed E-state index contributed by atoms with van der Waals surface area (Å²) in [5.74, 6) is 0.711. The van der Waals surface area contributed by atoms with Crippen LogP contribution in [0.1, 0.15) is 37.0 Å². The quantitative estimate of drug-likeness (QED) is 0.739. The summed E-state index contributed by atoms with van der Waals surface area (Å²) in [6.07, 6.45) is 0.854. The van der Waals surface area contributed by atoms with Crippen molar-refractivity contribution in [2.24, 2.45) is 0 Å². The van der Waals surface area contributed by atoms with Gasteiger partial charge < -0.3 is 9.64 Å². The van der Waals surface area contributed by atoms with Gasteiger partial charge in [0.1, 0.15) is 11.4 Å². The highest BCUT2D eigenvalue weighted by Gasteiger charge is 2.42. The summed E-state index contributed by atoms with van der Waals surface area (Å²) in [5.41, 5.74) is 4.37. The maximum Gasteiger partial charge on any atom is 0.262 e. The molecule has 2 aromatic rings. The van der Waals surface area contributed by atoms with Crippen molar-refractivity contribution in [2.75, 3.05) is 11.9 Å². The summed E-state index contributed by atoms with van der Waals surface area (Å²) in [5, 5.41) is 0. The van der Waals surface area contributed by atoms with Gasteiger partial charge in [0, 0.05) is 23.7 Å². The lowest BCUT2D eigenvalue weighted by Crippen LogP contribution is -2.21. The highest BCUT2D eigenvalue weighted by atomic mass is 16.5. The maximum atomic E-state index is 12.8. The topological polar surface area (TPSA) is 29.5 Å². The van der Waals surface area contributed by atoms with Gasteiger partial charge >= 0.3 is 0 Å². The van der Waals surface area contributed by atoms with E-state index in [1.807, 2.05) is 49.5 Å². The molecule has 0 N–H and O–H groups in total. The van der Waals surface area contributed by atoms with E-state index in [-0.39, 0.29) is 11.5 Å². The summed E-state index contributed by atoms with van der Waals surface area (Å²) in [6, 6.07) is 16.1. The third kappa shape index (κ3) is 1.79. The van der Waals surface area contributed by atoms with Gasteiger partial charge in [0.25, 0.3) is 5.91 Å². The van der Waals surface area contributed by atoms with Gasteiger partial charge in [0.05, 0.1) is 11.3 Å². The van der Waals surface area contributed by atoms with Gasteiger partial charge in [0.2, 0.25) is 0 Å². The molecule has 3 nitrogen and oxygen atoms in total. The molecule has 0 aliphatic carbocycles. The average molecular weight is 305 g/mol. The van der Waals surface area contributed by atoms with Crippen LogP contribution in [0.2, 0.25) is 0 Å². The lowest BCUT2D eigenvalue weighted by atomic mass is 9.91. The highest BCUT2D eigenvalue weighted by molar-refractivity contribution is 6.37. The Kier molecular flexibility index (Phi) is 2.89. The Morgan fingerprint density at radius 2 is 1.70 bits per heavy atom. The van der Waals surface area contributed by atoms with E-state index >= 15 is 0 Å². The Balaban J connectivity index is 2.02. The Morgan fingerprint density at radius 3 is 2.43 bits per heavy atom. The van der Waals surface area contributed by atoms with Crippen molar-refractivity contribution < 1.29 is 9.53 Å². The van der Waals surface area contributed by atoms with E-state index < -0.39 is 0 Å². The number of para-hydroxylation sites is 1. The molecule has 23 heavy (non-hydrogen) atoms. The molecule has 4 rings (SSSR count). The summed E-state index contributed by atoms with van der Waals surface area (Å²) >= 11 is 0. The fraction of sp³-hybridized carbons (Fsp3) is 0.250. The van der Waals surface area contributed by atoms with Gasteiger partial charge in [-0.3, -0.25) is 4.79 Å². The second kappa shape index (κ2) is 4.72. The van der Waals surface area contributed by atoms with Gasteiger partial charge in [-0.25, -0.2) is 0 Å². The molecule has 2 heterocycles. The number of nitrogens with zero attached hydrogens (tertiary/aromatic N) is 1. The predicted octanol–water partition coefficient (Wildman–Crippen LogP) is 4.19. The summed E-state index contributed by atoms with van der Waals surface area (Å²) in [4.78, 5) is 14.5. The molecule has 3 heteroatoms. The van der Waals surface area contributed by atoms with E-state index in [0.29, 0.717) is 11.3 Å². The van der Waals surface area contributed by atoms with E-state index in [0.717, 1.165) is 28.8 Å². The smallest absolute Gasteiger partial charge is 0.262 e. The molecule has 1 amide bonds. The van der Waals surface area contributed by atoms with E-state index in [9.17, 15) is 4.79 Å². The molecule has 0 bridgehead atoms. The molecule has 0 aromatic heterocycles. The molecule has 0 saturated heterocycles. The number of rotatable bonds is 1. The zero-order valence-corrected chi connectivity index (χ0v) is 13.6. The number of amides is 1. The predicted molar refractivity (Wildman–Crippen MR) is 91.8 cm³/mol. The zero-order chi connectivity index (χ0) is 16.2. The molecule has 1 unspecified atom stereocenters. The number of likely N-dealkylation sites (N-methyl/N-ethyl adjacent to an activating group) is 1. The average Bonchev–Trinajstić information content (AvgIpc) is 3.02. The van der Waals surface area contributed by atoms with Crippen molar-refractivity contribution in [1.82, 2.24) is 0 Å². The first-order chi connectivity index (χ1) is 11.1. The van der Waals surface area contributed by atoms with Crippen molar-refractivity contribution in [2.45, 2.75) is 25.9 Å². The first-order valence-electron chi connectivity index (χ1n) is 7.97. The lowest BCUT2D eigenvalue weighted by Gasteiger charge is -2.23. The lowest BCUT2D eigenvalue weighted by molar-refractivity contribution is -0.112. The minimum absolute atomic E-state index is 0.00337. The van der Waals surface area contributed by atoms with Crippen LogP contribution in [0.15, 0.2) is 48.5 Å². The maximum absolute atomic E-state index is 12.8. The molecule has 0 fully saturated rings. The largest absolute Gasteiger partial charge is 0.481 e. The van der Waals surface area contributed by atoms with Gasteiger partial charge in [-0.1, -0.05) is 49.4 Å². The molecule has 116 valence electrons. The Labute approximate surface area is 136 Å². The van der Waals surface area contributed by atoms with Gasteiger partial charge in [-0.2, -0.15) is 0 Å². The number of hydrogen-bond donors (Lipinski definition) is 0. The fourth-order valence-electron chi connectivity index (χ4n) is 3.52. The number of carbonyl (C=O) groups excluding carboxylic acids is 1. The SMILES string of the molecule is CCC1(C)O/C(=C2/C(=O)N(C)c3ccccc32)c2ccccc21. The summed E-state index contributed by atoms with van der Waals surface area (Å²) in [7, 11) is 1.81.